The molecule has 2 aromatic carbocycles. The summed E-state index contributed by atoms with van der Waals surface area (Å²) in [5.41, 5.74) is 0.681. The van der Waals surface area contributed by atoms with Crippen molar-refractivity contribution < 1.29 is 46.8 Å². The van der Waals surface area contributed by atoms with E-state index >= 15 is 8.78 Å². The summed E-state index contributed by atoms with van der Waals surface area (Å²) in [6.07, 6.45) is 11.5. The molecular formula is C44H44Cl4F2N6O8. The highest BCUT2D eigenvalue weighted by molar-refractivity contribution is 6.40. The number of benzene rings is 2. The molecule has 2 N–H and O–H groups in total. The minimum atomic E-state index is -0.700. The van der Waals surface area contributed by atoms with Gasteiger partial charge in [-0.15, -0.1) is 0 Å². The van der Waals surface area contributed by atoms with Crippen molar-refractivity contribution in [3.05, 3.63) is 105 Å². The third-order valence-electron chi connectivity index (χ3n) is 9.96. The second-order valence-electron chi connectivity index (χ2n) is 14.1. The first-order valence-corrected chi connectivity index (χ1v) is 20.8. The largest absolute Gasteiger partial charge is 0.495 e. The average Bonchev–Trinajstić information content (AvgIpc) is 3.93. The monoisotopic (exact) mass is 962 g/mol. The van der Waals surface area contributed by atoms with Crippen LogP contribution in [0.15, 0.2) is 62.2 Å². The Morgan fingerprint density at radius 2 is 0.938 bits per heavy atom. The molecule has 0 radical (unpaired) electrons. The maximum absolute atomic E-state index is 15.1. The van der Waals surface area contributed by atoms with Gasteiger partial charge in [-0.25, -0.2) is 28.7 Å². The molecule has 0 saturated carbocycles. The van der Waals surface area contributed by atoms with E-state index in [1.807, 2.05) is 0 Å². The number of carbonyl (C=O) groups is 2. The second kappa shape index (κ2) is 23.5. The van der Waals surface area contributed by atoms with Gasteiger partial charge in [0.05, 0.1) is 98.2 Å². The smallest absolute Gasteiger partial charge is 0.222 e. The molecule has 0 bridgehead atoms. The Balaban J connectivity index is 0.000000241. The predicted octanol–water partition coefficient (Wildman–Crippen LogP) is 9.68. The molecular weight excluding hydrogens is 920 g/mol. The Kier molecular flexibility index (Phi) is 18.3. The number of methoxy groups -OCH3 is 4. The van der Waals surface area contributed by atoms with Gasteiger partial charge >= 0.3 is 0 Å². The molecule has 0 spiro atoms. The van der Waals surface area contributed by atoms with Crippen molar-refractivity contribution in [2.75, 3.05) is 65.5 Å². The number of halogens is 6. The van der Waals surface area contributed by atoms with Gasteiger partial charge < -0.3 is 39.1 Å². The van der Waals surface area contributed by atoms with Crippen LogP contribution >= 0.6 is 46.4 Å². The highest BCUT2D eigenvalue weighted by Gasteiger charge is 2.31. The van der Waals surface area contributed by atoms with E-state index in [0.717, 1.165) is 0 Å². The van der Waals surface area contributed by atoms with E-state index in [1.54, 1.807) is 0 Å². The van der Waals surface area contributed by atoms with E-state index < -0.39 is 11.7 Å². The molecule has 0 unspecified atom stereocenters. The van der Waals surface area contributed by atoms with E-state index in [9.17, 15) is 9.59 Å². The number of allylic oxidation sites excluding steroid dienone is 2. The van der Waals surface area contributed by atoms with Crippen LogP contribution in [0.4, 0.5) is 20.7 Å². The van der Waals surface area contributed by atoms with Gasteiger partial charge in [0.25, 0.3) is 0 Å². The fraction of sp³-hybridized carbons (Fsp3) is 0.318. The minimum absolute atomic E-state index is 0.00607. The highest BCUT2D eigenvalue weighted by atomic mass is 35.5. The zero-order chi connectivity index (χ0) is 46.5. The molecule has 20 heteroatoms. The predicted molar refractivity (Wildman–Crippen MR) is 244 cm³/mol. The molecule has 2 aromatic heterocycles. The molecule has 64 heavy (non-hydrogen) atoms. The molecule has 4 atom stereocenters. The summed E-state index contributed by atoms with van der Waals surface area (Å²) in [7, 11) is 5.64. The summed E-state index contributed by atoms with van der Waals surface area (Å²) in [6.45, 7) is 8.79. The third kappa shape index (κ3) is 12.5. The number of ether oxygens (including phenoxy) is 6. The van der Waals surface area contributed by atoms with Gasteiger partial charge in [-0.1, -0.05) is 59.6 Å². The van der Waals surface area contributed by atoms with Gasteiger partial charge in [0.1, 0.15) is 34.7 Å². The topological polar surface area (TPSA) is 165 Å². The zero-order valence-electron chi connectivity index (χ0n) is 35.1. The van der Waals surface area contributed by atoms with Gasteiger partial charge in [-0.3, -0.25) is 9.59 Å². The van der Waals surface area contributed by atoms with Crippen LogP contribution in [0.5, 0.6) is 23.0 Å². The number of hydrogen-bond acceptors (Lipinski definition) is 14. The van der Waals surface area contributed by atoms with Crippen LogP contribution in [0.1, 0.15) is 35.1 Å². The maximum Gasteiger partial charge on any atom is 0.222 e. The fourth-order valence-electron chi connectivity index (χ4n) is 6.54. The Bertz CT molecular complexity index is 2170. The lowest BCUT2D eigenvalue weighted by atomic mass is 9.97. The molecule has 0 aliphatic carbocycles. The normalized spacial score (nSPS) is 18.3. The molecule has 6 rings (SSSR count). The number of aromatic nitrogens is 4. The molecule has 0 amide bonds. The Morgan fingerprint density at radius 1 is 0.625 bits per heavy atom. The summed E-state index contributed by atoms with van der Waals surface area (Å²) < 4.78 is 61.7. The summed E-state index contributed by atoms with van der Waals surface area (Å²) in [6, 6.07) is 2.74. The Labute approximate surface area is 388 Å². The third-order valence-corrected chi connectivity index (χ3v) is 11.5. The number of hydrogen-bond donors (Lipinski definition) is 2. The molecule has 4 aromatic rings. The molecule has 14 nitrogen and oxygen atoms in total. The van der Waals surface area contributed by atoms with Crippen molar-refractivity contribution in [3.63, 3.8) is 0 Å². The van der Waals surface area contributed by atoms with Crippen LogP contribution < -0.4 is 29.6 Å². The first-order chi connectivity index (χ1) is 30.7. The number of anilines is 2. The lowest BCUT2D eigenvalue weighted by molar-refractivity contribution is -0.116. The molecule has 2 fully saturated rings. The first kappa shape index (κ1) is 49.7. The summed E-state index contributed by atoms with van der Waals surface area (Å²) >= 11 is 25.0. The highest BCUT2D eigenvalue weighted by Crippen LogP contribution is 2.46. The van der Waals surface area contributed by atoms with E-state index in [0.29, 0.717) is 62.3 Å². The standard InChI is InChI=1S/2C22H22Cl2FN3O4/c2*1-4-14(29)6-13-10-32-11-16(13)28-22-26-8-12(9-27-22)5-15(25)19-20(23)17(30-2)7-18(31-3)21(19)24/h2*4-5,7-9,13,16H,1,6,10-11H2,2-3H3,(H,26,27,28)/b2*15-5-/t2*13-,16+/m10/s1. The lowest BCUT2D eigenvalue weighted by Crippen LogP contribution is -2.30. The second-order valence-corrected chi connectivity index (χ2v) is 15.6. The van der Waals surface area contributed by atoms with Gasteiger partial charge in [0, 0.05) is 72.7 Å². The molecule has 2 aliphatic heterocycles. The van der Waals surface area contributed by atoms with Crippen molar-refractivity contribution in [3.8, 4) is 23.0 Å². The number of carbonyl (C=O) groups excluding carboxylic acids is 2. The van der Waals surface area contributed by atoms with Gasteiger partial charge in [0.15, 0.2) is 11.6 Å². The van der Waals surface area contributed by atoms with Crippen molar-refractivity contribution in [1.29, 1.82) is 0 Å². The van der Waals surface area contributed by atoms with Gasteiger partial charge in [-0.2, -0.15) is 0 Å². The Morgan fingerprint density at radius 3 is 1.22 bits per heavy atom. The molecule has 4 heterocycles. The molecule has 340 valence electrons. The van der Waals surface area contributed by atoms with Crippen LogP contribution in [0.2, 0.25) is 20.1 Å². The molecule has 2 aliphatic rings. The van der Waals surface area contributed by atoms with Crippen LogP contribution in [0.25, 0.3) is 23.8 Å². The van der Waals surface area contributed by atoms with Crippen LogP contribution in [-0.2, 0) is 19.1 Å². The number of rotatable bonds is 18. The number of ketones is 2. The van der Waals surface area contributed by atoms with E-state index in [2.05, 4.69) is 43.7 Å². The fourth-order valence-corrected chi connectivity index (χ4v) is 7.90. The molecule has 2 saturated heterocycles. The van der Waals surface area contributed by atoms with Crippen molar-refractivity contribution in [2.45, 2.75) is 24.9 Å². The van der Waals surface area contributed by atoms with Crippen LogP contribution in [-0.4, -0.2) is 98.5 Å². The Hall–Kier alpha value is -5.36. The van der Waals surface area contributed by atoms with E-state index in [-0.39, 0.29) is 89.7 Å². The van der Waals surface area contributed by atoms with Gasteiger partial charge in [-0.05, 0) is 24.3 Å². The summed E-state index contributed by atoms with van der Waals surface area (Å²) in [5.74, 6) is 0.0873. The van der Waals surface area contributed by atoms with E-state index in [1.165, 1.54) is 89.7 Å². The maximum atomic E-state index is 15.1. The SMILES string of the molecule is C=CC(=O)C[C@@H]1COC[C@@H]1Nc1ncc(/C=C(\F)c2c(Cl)c(OC)cc(OC)c2Cl)cn1.C=CC(=O)C[C@H]1COC[C@H]1Nc1ncc(/C=C(\F)c2c(Cl)c(OC)cc(OC)c2Cl)cn1. The van der Waals surface area contributed by atoms with Crippen molar-refractivity contribution in [1.82, 2.24) is 19.9 Å². The van der Waals surface area contributed by atoms with Gasteiger partial charge in [0.2, 0.25) is 11.9 Å². The lowest BCUT2D eigenvalue weighted by Gasteiger charge is -2.17. The van der Waals surface area contributed by atoms with Crippen LogP contribution in [0, 0.1) is 11.8 Å². The minimum Gasteiger partial charge on any atom is -0.495 e. The average molecular weight is 965 g/mol. The number of nitrogens with zero attached hydrogens (tertiary/aromatic N) is 4. The van der Waals surface area contributed by atoms with Crippen molar-refractivity contribution >= 4 is 93.7 Å². The van der Waals surface area contributed by atoms with Crippen molar-refractivity contribution in [2.24, 2.45) is 11.8 Å². The summed E-state index contributed by atoms with van der Waals surface area (Å²) in [4.78, 5) is 40.2. The van der Waals surface area contributed by atoms with E-state index in [4.69, 9.17) is 74.8 Å². The van der Waals surface area contributed by atoms with Crippen LogP contribution in [0.3, 0.4) is 0 Å². The quantitative estimate of drug-likeness (QED) is 0.0906. The number of nitrogens with one attached hydrogen (secondary N) is 2. The first-order valence-electron chi connectivity index (χ1n) is 19.3. The zero-order valence-corrected chi connectivity index (χ0v) is 38.1. The summed E-state index contributed by atoms with van der Waals surface area (Å²) in [5, 5.41) is 6.40.